The molecule has 9 nitrogen and oxygen atoms in total. The van der Waals surface area contributed by atoms with Crippen LogP contribution < -0.4 is 27.0 Å². The van der Waals surface area contributed by atoms with Gasteiger partial charge in [-0.15, -0.1) is 0 Å². The summed E-state index contributed by atoms with van der Waals surface area (Å²) in [5.41, 5.74) is 0.458. The SMILES string of the molecule is CC(=O)N1CCc2ccc(-n3c(=O)[nH]c(=O)c4c(Nc5ccc(I)cc5F)n(C)c(=O)c(C)c43)cc21. The summed E-state index contributed by atoms with van der Waals surface area (Å²) in [6.07, 6.45) is 0.686. The third-order valence-corrected chi connectivity index (χ3v) is 7.12. The molecule has 2 aromatic heterocycles. The lowest BCUT2D eigenvalue weighted by molar-refractivity contribution is -0.116. The first kappa shape index (κ1) is 24.0. The fourth-order valence-electron chi connectivity index (χ4n) is 4.68. The number of aromatic amines is 1. The number of nitrogens with one attached hydrogen (secondary N) is 2. The molecule has 5 rings (SSSR count). The van der Waals surface area contributed by atoms with E-state index in [2.05, 4.69) is 10.3 Å². The van der Waals surface area contributed by atoms with Gasteiger partial charge in [0, 0.05) is 35.3 Å². The number of hydrogen-bond donors (Lipinski definition) is 2. The van der Waals surface area contributed by atoms with E-state index in [1.807, 2.05) is 28.7 Å². The largest absolute Gasteiger partial charge is 0.338 e. The van der Waals surface area contributed by atoms with Crippen molar-refractivity contribution in [3.05, 3.63) is 88.1 Å². The number of carbonyl (C=O) groups is 1. The normalized spacial score (nSPS) is 12.8. The highest BCUT2D eigenvalue weighted by Gasteiger charge is 2.25. The van der Waals surface area contributed by atoms with E-state index in [1.165, 1.54) is 42.2 Å². The molecule has 11 heteroatoms. The van der Waals surface area contributed by atoms with Crippen LogP contribution in [0.4, 0.5) is 21.6 Å². The number of halogens is 2. The molecule has 0 atom stereocenters. The van der Waals surface area contributed by atoms with Gasteiger partial charge < -0.3 is 10.2 Å². The number of nitrogens with zero attached hydrogens (tertiary/aromatic N) is 3. The van der Waals surface area contributed by atoms with E-state index in [0.29, 0.717) is 27.9 Å². The molecule has 1 aliphatic heterocycles. The van der Waals surface area contributed by atoms with E-state index in [-0.39, 0.29) is 33.9 Å². The van der Waals surface area contributed by atoms with Crippen molar-refractivity contribution in [2.75, 3.05) is 16.8 Å². The van der Waals surface area contributed by atoms with Crippen LogP contribution >= 0.6 is 22.6 Å². The molecule has 0 saturated heterocycles. The maximum atomic E-state index is 14.7. The van der Waals surface area contributed by atoms with Gasteiger partial charge in [0.05, 0.1) is 16.9 Å². The second kappa shape index (κ2) is 8.73. The van der Waals surface area contributed by atoms with Gasteiger partial charge in [-0.2, -0.15) is 0 Å². The van der Waals surface area contributed by atoms with Gasteiger partial charge in [-0.25, -0.2) is 9.18 Å². The molecule has 0 radical (unpaired) electrons. The average Bonchev–Trinajstić information content (AvgIpc) is 3.25. The molecule has 36 heavy (non-hydrogen) atoms. The Kier molecular flexibility index (Phi) is 5.81. The van der Waals surface area contributed by atoms with Gasteiger partial charge in [0.2, 0.25) is 5.91 Å². The Morgan fingerprint density at radius 3 is 2.58 bits per heavy atom. The van der Waals surface area contributed by atoms with Crippen LogP contribution in [0, 0.1) is 16.3 Å². The first-order valence-electron chi connectivity index (χ1n) is 11.1. The molecule has 0 fully saturated rings. The van der Waals surface area contributed by atoms with Gasteiger partial charge in [0.15, 0.2) is 0 Å². The Hall–Kier alpha value is -3.74. The van der Waals surface area contributed by atoms with Gasteiger partial charge in [0.1, 0.15) is 17.0 Å². The molecule has 0 aliphatic carbocycles. The highest BCUT2D eigenvalue weighted by atomic mass is 127. The number of aryl methyl sites for hydroxylation is 1. The van der Waals surface area contributed by atoms with Crippen LogP contribution in [-0.4, -0.2) is 26.6 Å². The van der Waals surface area contributed by atoms with Gasteiger partial charge >= 0.3 is 5.69 Å². The average molecular weight is 601 g/mol. The highest BCUT2D eigenvalue weighted by Crippen LogP contribution is 2.32. The number of amides is 1. The number of H-pyrrole nitrogens is 1. The Balaban J connectivity index is 1.83. The third kappa shape index (κ3) is 3.74. The van der Waals surface area contributed by atoms with Crippen LogP contribution in [0.15, 0.2) is 50.8 Å². The molecule has 0 saturated carbocycles. The lowest BCUT2D eigenvalue weighted by Gasteiger charge is -2.20. The Morgan fingerprint density at radius 2 is 1.89 bits per heavy atom. The van der Waals surface area contributed by atoms with E-state index < -0.39 is 22.6 Å². The molecule has 3 heterocycles. The van der Waals surface area contributed by atoms with Crippen LogP contribution in [-0.2, 0) is 18.3 Å². The van der Waals surface area contributed by atoms with E-state index >= 15 is 0 Å². The fourth-order valence-corrected chi connectivity index (χ4v) is 5.13. The number of hydrogen-bond acceptors (Lipinski definition) is 5. The van der Waals surface area contributed by atoms with Crippen LogP contribution in [0.1, 0.15) is 18.1 Å². The van der Waals surface area contributed by atoms with Crippen molar-refractivity contribution in [3.63, 3.8) is 0 Å². The van der Waals surface area contributed by atoms with E-state index in [9.17, 15) is 23.6 Å². The number of carbonyl (C=O) groups excluding carboxylic acids is 1. The molecule has 1 aliphatic rings. The zero-order chi connectivity index (χ0) is 25.9. The highest BCUT2D eigenvalue weighted by molar-refractivity contribution is 14.1. The van der Waals surface area contributed by atoms with Crippen LogP contribution in [0.2, 0.25) is 0 Å². The van der Waals surface area contributed by atoms with Crippen molar-refractivity contribution in [1.82, 2.24) is 14.1 Å². The third-order valence-electron chi connectivity index (χ3n) is 6.45. The number of rotatable bonds is 3. The number of anilines is 3. The number of pyridine rings is 1. The first-order valence-corrected chi connectivity index (χ1v) is 12.2. The molecule has 2 N–H and O–H groups in total. The van der Waals surface area contributed by atoms with E-state index in [0.717, 1.165) is 5.56 Å². The summed E-state index contributed by atoms with van der Waals surface area (Å²) in [6, 6.07) is 9.76. The summed E-state index contributed by atoms with van der Waals surface area (Å²) in [6.45, 7) is 3.54. The van der Waals surface area contributed by atoms with Gasteiger partial charge in [0.25, 0.3) is 11.1 Å². The summed E-state index contributed by atoms with van der Waals surface area (Å²) in [7, 11) is 1.47. The van der Waals surface area contributed by atoms with Crippen LogP contribution in [0.25, 0.3) is 16.6 Å². The van der Waals surface area contributed by atoms with Crippen molar-refractivity contribution in [2.24, 2.45) is 7.05 Å². The Bertz CT molecular complexity index is 1770. The van der Waals surface area contributed by atoms with E-state index in [4.69, 9.17) is 0 Å². The van der Waals surface area contributed by atoms with E-state index in [1.54, 1.807) is 23.1 Å². The molecular weight excluding hydrogens is 580 g/mol. The molecule has 0 unspecified atom stereocenters. The van der Waals surface area contributed by atoms with Crippen LogP contribution in [0.5, 0.6) is 0 Å². The number of aromatic nitrogens is 3. The molecule has 4 aromatic rings. The monoisotopic (exact) mass is 601 g/mol. The second-order valence-electron chi connectivity index (χ2n) is 8.64. The molecule has 184 valence electrons. The Morgan fingerprint density at radius 1 is 1.14 bits per heavy atom. The second-order valence-corrected chi connectivity index (χ2v) is 9.88. The molecule has 1 amide bonds. The zero-order valence-electron chi connectivity index (χ0n) is 19.6. The smallest absolute Gasteiger partial charge is 0.333 e. The molecule has 0 spiro atoms. The van der Waals surface area contributed by atoms with Crippen molar-refractivity contribution in [1.29, 1.82) is 0 Å². The first-order chi connectivity index (χ1) is 17.1. The summed E-state index contributed by atoms with van der Waals surface area (Å²) in [5.74, 6) is -0.640. The van der Waals surface area contributed by atoms with Gasteiger partial charge in [-0.3, -0.25) is 28.5 Å². The quantitative estimate of drug-likeness (QED) is 0.351. The summed E-state index contributed by atoms with van der Waals surface area (Å²) in [5, 5.41) is 2.90. The van der Waals surface area contributed by atoms with Crippen molar-refractivity contribution >= 4 is 56.6 Å². The number of fused-ring (bicyclic) bond motifs is 2. The lowest BCUT2D eigenvalue weighted by atomic mass is 10.1. The molecule has 2 aromatic carbocycles. The number of benzene rings is 2. The van der Waals surface area contributed by atoms with Gasteiger partial charge in [-0.1, -0.05) is 6.07 Å². The predicted octanol–water partition coefficient (Wildman–Crippen LogP) is 3.08. The minimum atomic E-state index is -0.734. The topological polar surface area (TPSA) is 109 Å². The lowest BCUT2D eigenvalue weighted by Crippen LogP contribution is -2.34. The predicted molar refractivity (Wildman–Crippen MR) is 144 cm³/mol. The maximum Gasteiger partial charge on any atom is 0.333 e. The van der Waals surface area contributed by atoms with Gasteiger partial charge in [-0.05, 0) is 71.8 Å². The Labute approximate surface area is 217 Å². The summed E-state index contributed by atoms with van der Waals surface area (Å²) < 4.78 is 17.8. The standard InChI is InChI=1S/C25H21FIN5O4/c1-12-21-20(22(30(3)24(12)35)28-18-7-5-15(27)10-17(18)26)23(34)29-25(36)32(21)16-6-4-14-8-9-31(13(2)33)19(14)11-16/h4-7,10-11,28H,8-9H2,1-3H3,(H,29,34,36). The molecule has 0 bridgehead atoms. The molecular formula is C25H21FIN5O4. The fraction of sp³-hybridized carbons (Fsp3) is 0.200. The maximum absolute atomic E-state index is 14.7. The summed E-state index contributed by atoms with van der Waals surface area (Å²) in [4.78, 5) is 55.5. The zero-order valence-corrected chi connectivity index (χ0v) is 21.8. The van der Waals surface area contributed by atoms with Crippen molar-refractivity contribution in [3.8, 4) is 5.69 Å². The minimum Gasteiger partial charge on any atom is -0.338 e. The van der Waals surface area contributed by atoms with Crippen molar-refractivity contribution < 1.29 is 9.18 Å². The minimum absolute atomic E-state index is 0.0241. The van der Waals surface area contributed by atoms with Crippen LogP contribution in [0.3, 0.4) is 0 Å². The van der Waals surface area contributed by atoms with Crippen molar-refractivity contribution in [2.45, 2.75) is 20.3 Å². The summed E-state index contributed by atoms with van der Waals surface area (Å²) >= 11 is 1.98.